The van der Waals surface area contributed by atoms with Crippen molar-refractivity contribution in [1.82, 2.24) is 15.6 Å². The first-order valence-electron chi connectivity index (χ1n) is 9.74. The predicted molar refractivity (Wildman–Crippen MR) is 126 cm³/mol. The number of para-hydroxylation sites is 1. The van der Waals surface area contributed by atoms with Gasteiger partial charge < -0.3 is 20.0 Å². The molecular formula is C21H30IN5O2. The Labute approximate surface area is 189 Å². The van der Waals surface area contributed by atoms with Crippen LogP contribution in [0.2, 0.25) is 0 Å². The van der Waals surface area contributed by atoms with E-state index in [4.69, 9.17) is 4.42 Å². The summed E-state index contributed by atoms with van der Waals surface area (Å²) in [4.78, 5) is 23.2. The molecule has 8 heteroatoms. The number of halogens is 1. The fraction of sp³-hybridized carbons (Fsp3) is 0.476. The smallest absolute Gasteiger partial charge is 0.248 e. The van der Waals surface area contributed by atoms with Gasteiger partial charge in [-0.15, -0.1) is 24.0 Å². The van der Waals surface area contributed by atoms with Crippen LogP contribution in [-0.4, -0.2) is 36.5 Å². The molecule has 158 valence electrons. The number of benzene rings is 1. The Morgan fingerprint density at radius 3 is 2.72 bits per heavy atom. The molecule has 3 rings (SSSR count). The van der Waals surface area contributed by atoms with Crippen molar-refractivity contribution in [2.75, 3.05) is 24.5 Å². The molecule has 1 aromatic carbocycles. The third-order valence-electron chi connectivity index (χ3n) is 4.60. The predicted octanol–water partition coefficient (Wildman–Crippen LogP) is 3.23. The SMILES string of the molecule is CCNC(=NCC(=O)N1CCc2ccccc21)NCc1ncc(C(C)(C)C)o1.I. The Bertz CT molecular complexity index is 857. The van der Waals surface area contributed by atoms with Crippen LogP contribution in [0.15, 0.2) is 39.9 Å². The zero-order chi connectivity index (χ0) is 20.1. The van der Waals surface area contributed by atoms with E-state index >= 15 is 0 Å². The topological polar surface area (TPSA) is 82.8 Å². The van der Waals surface area contributed by atoms with Gasteiger partial charge in [-0.05, 0) is 25.0 Å². The summed E-state index contributed by atoms with van der Waals surface area (Å²) in [5.41, 5.74) is 2.13. The summed E-state index contributed by atoms with van der Waals surface area (Å²) in [7, 11) is 0. The molecular weight excluding hydrogens is 481 g/mol. The monoisotopic (exact) mass is 511 g/mol. The molecule has 29 heavy (non-hydrogen) atoms. The number of fused-ring (bicyclic) bond motifs is 1. The molecule has 0 spiro atoms. The minimum absolute atomic E-state index is 0. The van der Waals surface area contributed by atoms with Gasteiger partial charge in [0, 0.05) is 24.2 Å². The number of aliphatic imine (C=N–C) groups is 1. The number of carbonyl (C=O) groups is 1. The maximum Gasteiger partial charge on any atom is 0.248 e. The first-order valence-corrected chi connectivity index (χ1v) is 9.74. The summed E-state index contributed by atoms with van der Waals surface area (Å²) in [5, 5.41) is 6.33. The third-order valence-corrected chi connectivity index (χ3v) is 4.60. The lowest BCUT2D eigenvalue weighted by Crippen LogP contribution is -2.38. The van der Waals surface area contributed by atoms with Gasteiger partial charge in [0.15, 0.2) is 5.96 Å². The van der Waals surface area contributed by atoms with E-state index in [0.29, 0.717) is 31.5 Å². The highest BCUT2D eigenvalue weighted by Gasteiger charge is 2.24. The van der Waals surface area contributed by atoms with Crippen LogP contribution in [0, 0.1) is 0 Å². The molecule has 0 bridgehead atoms. The molecule has 0 unspecified atom stereocenters. The van der Waals surface area contributed by atoms with E-state index in [1.54, 1.807) is 6.20 Å². The summed E-state index contributed by atoms with van der Waals surface area (Å²) in [6.45, 7) is 10.1. The lowest BCUT2D eigenvalue weighted by atomic mass is 9.94. The van der Waals surface area contributed by atoms with Gasteiger partial charge in [-0.3, -0.25) is 4.79 Å². The first kappa shape index (κ1) is 23.2. The maximum atomic E-state index is 12.6. The summed E-state index contributed by atoms with van der Waals surface area (Å²) < 4.78 is 5.79. The van der Waals surface area contributed by atoms with E-state index in [1.807, 2.05) is 30.0 Å². The molecule has 7 nitrogen and oxygen atoms in total. The molecule has 0 atom stereocenters. The highest BCUT2D eigenvalue weighted by atomic mass is 127. The van der Waals surface area contributed by atoms with Crippen LogP contribution >= 0.6 is 24.0 Å². The molecule has 0 fully saturated rings. The molecule has 0 aliphatic carbocycles. The molecule has 1 aromatic heterocycles. The largest absolute Gasteiger partial charge is 0.443 e. The average molecular weight is 511 g/mol. The maximum absolute atomic E-state index is 12.6. The molecule has 0 saturated heterocycles. The molecule has 2 N–H and O–H groups in total. The Morgan fingerprint density at radius 2 is 2.03 bits per heavy atom. The summed E-state index contributed by atoms with van der Waals surface area (Å²) in [5.74, 6) is 2.00. The third kappa shape index (κ3) is 5.94. The van der Waals surface area contributed by atoms with Gasteiger partial charge in [0.25, 0.3) is 0 Å². The molecule has 0 saturated carbocycles. The van der Waals surface area contributed by atoms with Crippen LogP contribution in [-0.2, 0) is 23.2 Å². The van der Waals surface area contributed by atoms with Gasteiger partial charge in [-0.25, -0.2) is 9.98 Å². The van der Waals surface area contributed by atoms with E-state index in [-0.39, 0.29) is 41.8 Å². The molecule has 1 aliphatic heterocycles. The Hall–Kier alpha value is -2.10. The van der Waals surface area contributed by atoms with Crippen molar-refractivity contribution in [3.8, 4) is 0 Å². The number of guanidine groups is 1. The van der Waals surface area contributed by atoms with E-state index in [2.05, 4.69) is 47.4 Å². The zero-order valence-electron chi connectivity index (χ0n) is 17.5. The fourth-order valence-electron chi connectivity index (χ4n) is 3.07. The Balaban J connectivity index is 0.00000300. The van der Waals surface area contributed by atoms with Gasteiger partial charge in [-0.1, -0.05) is 39.0 Å². The number of aromatic nitrogens is 1. The fourth-order valence-corrected chi connectivity index (χ4v) is 3.07. The highest BCUT2D eigenvalue weighted by Crippen LogP contribution is 2.27. The second-order valence-electron chi connectivity index (χ2n) is 7.84. The Morgan fingerprint density at radius 1 is 1.28 bits per heavy atom. The van der Waals surface area contributed by atoms with E-state index in [9.17, 15) is 4.79 Å². The van der Waals surface area contributed by atoms with Crippen molar-refractivity contribution in [2.45, 2.75) is 46.1 Å². The number of oxazole rings is 1. The van der Waals surface area contributed by atoms with Gasteiger partial charge in [0.2, 0.25) is 11.8 Å². The summed E-state index contributed by atoms with van der Waals surface area (Å²) >= 11 is 0. The van der Waals surface area contributed by atoms with Crippen LogP contribution in [0.3, 0.4) is 0 Å². The molecule has 0 radical (unpaired) electrons. The zero-order valence-corrected chi connectivity index (χ0v) is 19.8. The average Bonchev–Trinajstić information content (AvgIpc) is 3.30. The van der Waals surface area contributed by atoms with E-state index in [1.165, 1.54) is 5.56 Å². The van der Waals surface area contributed by atoms with Crippen molar-refractivity contribution in [2.24, 2.45) is 4.99 Å². The van der Waals surface area contributed by atoms with Crippen LogP contribution in [0.4, 0.5) is 5.69 Å². The van der Waals surface area contributed by atoms with Crippen molar-refractivity contribution < 1.29 is 9.21 Å². The first-order chi connectivity index (χ1) is 13.4. The van der Waals surface area contributed by atoms with Crippen molar-refractivity contribution >= 4 is 41.5 Å². The van der Waals surface area contributed by atoms with Crippen LogP contribution in [0.25, 0.3) is 0 Å². The summed E-state index contributed by atoms with van der Waals surface area (Å²) in [6, 6.07) is 8.02. The minimum Gasteiger partial charge on any atom is -0.443 e. The Kier molecular flexibility index (Phi) is 8.06. The second-order valence-corrected chi connectivity index (χ2v) is 7.84. The number of anilines is 1. The number of rotatable bonds is 5. The standard InChI is InChI=1S/C21H29N5O2.HI/c1-5-22-20(24-13-18-23-12-17(28-18)21(2,3)4)25-14-19(27)26-11-10-15-8-6-7-9-16(15)26;/h6-9,12H,5,10-11,13-14H2,1-4H3,(H2,22,24,25);1H. The van der Waals surface area contributed by atoms with Crippen molar-refractivity contribution in [1.29, 1.82) is 0 Å². The lowest BCUT2D eigenvalue weighted by molar-refractivity contribution is -0.117. The number of nitrogens with zero attached hydrogens (tertiary/aromatic N) is 3. The van der Waals surface area contributed by atoms with Crippen molar-refractivity contribution in [3.63, 3.8) is 0 Å². The molecule has 2 heterocycles. The van der Waals surface area contributed by atoms with Gasteiger partial charge in [-0.2, -0.15) is 0 Å². The minimum atomic E-state index is -0.0811. The van der Waals surface area contributed by atoms with Crippen LogP contribution < -0.4 is 15.5 Å². The lowest BCUT2D eigenvalue weighted by Gasteiger charge is -2.17. The van der Waals surface area contributed by atoms with Crippen LogP contribution in [0.5, 0.6) is 0 Å². The van der Waals surface area contributed by atoms with E-state index in [0.717, 1.165) is 17.9 Å². The number of amides is 1. The number of hydrogen-bond acceptors (Lipinski definition) is 4. The number of nitrogens with one attached hydrogen (secondary N) is 2. The van der Waals surface area contributed by atoms with Gasteiger partial charge in [0.1, 0.15) is 12.3 Å². The number of hydrogen-bond donors (Lipinski definition) is 2. The van der Waals surface area contributed by atoms with Gasteiger partial charge >= 0.3 is 0 Å². The number of carbonyl (C=O) groups excluding carboxylic acids is 1. The van der Waals surface area contributed by atoms with Gasteiger partial charge in [0.05, 0.1) is 12.7 Å². The van der Waals surface area contributed by atoms with Crippen LogP contribution in [0.1, 0.15) is 44.9 Å². The normalized spacial score (nSPS) is 13.7. The molecule has 2 aromatic rings. The van der Waals surface area contributed by atoms with Crippen molar-refractivity contribution in [3.05, 3.63) is 47.7 Å². The molecule has 1 aliphatic rings. The summed E-state index contributed by atoms with van der Waals surface area (Å²) in [6.07, 6.45) is 2.65. The highest BCUT2D eigenvalue weighted by molar-refractivity contribution is 14.0. The molecule has 1 amide bonds. The quantitative estimate of drug-likeness (QED) is 0.366. The second kappa shape index (κ2) is 10.1. The van der Waals surface area contributed by atoms with E-state index < -0.39 is 0 Å².